The van der Waals surface area contributed by atoms with Gasteiger partial charge in [-0.3, -0.25) is 4.79 Å². The predicted octanol–water partition coefficient (Wildman–Crippen LogP) is 1.01. The molecular weight excluding hydrogens is 201 g/mol. The largest absolute Gasteiger partial charge is 0.505 e. The summed E-state index contributed by atoms with van der Waals surface area (Å²) in [5, 5.41) is 9.43. The van der Waals surface area contributed by atoms with Crippen molar-refractivity contribution in [2.45, 2.75) is 13.0 Å². The Balaban J connectivity index is 3.24. The molecule has 0 amide bonds. The SMILES string of the molecule is COC(=O)[C@@H](N)c1c(C)ccc(F)c1O. The Morgan fingerprint density at radius 1 is 1.60 bits per heavy atom. The second-order valence-corrected chi connectivity index (χ2v) is 3.13. The highest BCUT2D eigenvalue weighted by Gasteiger charge is 2.23. The predicted molar refractivity (Wildman–Crippen MR) is 51.7 cm³/mol. The first-order valence-corrected chi connectivity index (χ1v) is 4.30. The third-order valence-electron chi connectivity index (χ3n) is 2.15. The molecule has 0 bridgehead atoms. The lowest BCUT2D eigenvalue weighted by atomic mass is 10.0. The van der Waals surface area contributed by atoms with E-state index in [4.69, 9.17) is 5.73 Å². The molecule has 82 valence electrons. The van der Waals surface area contributed by atoms with Gasteiger partial charge in [-0.1, -0.05) is 6.07 Å². The second-order valence-electron chi connectivity index (χ2n) is 3.13. The van der Waals surface area contributed by atoms with Crippen molar-refractivity contribution in [3.05, 3.63) is 29.1 Å². The first-order valence-electron chi connectivity index (χ1n) is 4.30. The normalized spacial score (nSPS) is 12.3. The number of benzene rings is 1. The number of ether oxygens (including phenoxy) is 1. The van der Waals surface area contributed by atoms with Gasteiger partial charge in [0.2, 0.25) is 0 Å². The van der Waals surface area contributed by atoms with E-state index < -0.39 is 23.6 Å². The van der Waals surface area contributed by atoms with Crippen LogP contribution in [0.25, 0.3) is 0 Å². The molecule has 0 aliphatic heterocycles. The van der Waals surface area contributed by atoms with Crippen molar-refractivity contribution >= 4 is 5.97 Å². The Morgan fingerprint density at radius 3 is 2.73 bits per heavy atom. The van der Waals surface area contributed by atoms with Crippen LogP contribution < -0.4 is 5.73 Å². The van der Waals surface area contributed by atoms with Crippen LogP contribution in [0.2, 0.25) is 0 Å². The molecular formula is C10H12FNO3. The van der Waals surface area contributed by atoms with Crippen LogP contribution >= 0.6 is 0 Å². The summed E-state index contributed by atoms with van der Waals surface area (Å²) in [6.45, 7) is 1.62. The third kappa shape index (κ3) is 2.07. The van der Waals surface area contributed by atoms with Crippen molar-refractivity contribution in [1.82, 2.24) is 0 Å². The number of phenolic OH excluding ortho intramolecular Hbond substituents is 1. The number of rotatable bonds is 2. The number of aromatic hydroxyl groups is 1. The maximum Gasteiger partial charge on any atom is 0.327 e. The maximum absolute atomic E-state index is 13.0. The smallest absolute Gasteiger partial charge is 0.327 e. The van der Waals surface area contributed by atoms with E-state index >= 15 is 0 Å². The van der Waals surface area contributed by atoms with Gasteiger partial charge in [-0.2, -0.15) is 0 Å². The molecule has 5 heteroatoms. The van der Waals surface area contributed by atoms with Gasteiger partial charge in [0.25, 0.3) is 0 Å². The number of methoxy groups -OCH3 is 1. The molecule has 1 rings (SSSR count). The van der Waals surface area contributed by atoms with Crippen molar-refractivity contribution in [2.24, 2.45) is 5.73 Å². The van der Waals surface area contributed by atoms with Crippen LogP contribution in [0.15, 0.2) is 12.1 Å². The zero-order chi connectivity index (χ0) is 11.6. The molecule has 1 atom stereocenters. The summed E-state index contributed by atoms with van der Waals surface area (Å²) in [7, 11) is 1.17. The number of esters is 1. The molecule has 0 unspecified atom stereocenters. The van der Waals surface area contributed by atoms with Gasteiger partial charge in [0, 0.05) is 5.56 Å². The lowest BCUT2D eigenvalue weighted by Crippen LogP contribution is -2.23. The van der Waals surface area contributed by atoms with E-state index in [1.807, 2.05) is 0 Å². The Hall–Kier alpha value is -1.62. The minimum atomic E-state index is -1.18. The topological polar surface area (TPSA) is 72.5 Å². The van der Waals surface area contributed by atoms with Gasteiger partial charge in [0.05, 0.1) is 7.11 Å². The molecule has 4 nitrogen and oxygen atoms in total. The number of aryl methyl sites for hydroxylation is 1. The number of carbonyl (C=O) groups excluding carboxylic acids is 1. The monoisotopic (exact) mass is 213 g/mol. The molecule has 0 saturated carbocycles. The Morgan fingerprint density at radius 2 is 2.20 bits per heavy atom. The molecule has 0 aliphatic carbocycles. The molecule has 0 aliphatic rings. The van der Waals surface area contributed by atoms with Crippen LogP contribution in [-0.2, 0) is 9.53 Å². The molecule has 0 saturated heterocycles. The first-order chi connectivity index (χ1) is 6.99. The lowest BCUT2D eigenvalue weighted by Gasteiger charge is -2.14. The van der Waals surface area contributed by atoms with Crippen LogP contribution in [0.4, 0.5) is 4.39 Å². The first kappa shape index (κ1) is 11.5. The van der Waals surface area contributed by atoms with Crippen LogP contribution in [0.5, 0.6) is 5.75 Å². The molecule has 0 aromatic heterocycles. The van der Waals surface area contributed by atoms with Gasteiger partial charge in [-0.25, -0.2) is 4.39 Å². The number of nitrogens with two attached hydrogens (primary N) is 1. The van der Waals surface area contributed by atoms with E-state index in [-0.39, 0.29) is 5.56 Å². The van der Waals surface area contributed by atoms with Crippen molar-refractivity contribution < 1.29 is 19.0 Å². The average molecular weight is 213 g/mol. The van der Waals surface area contributed by atoms with Crippen molar-refractivity contribution in [3.8, 4) is 5.75 Å². The van der Waals surface area contributed by atoms with E-state index in [0.29, 0.717) is 5.56 Å². The molecule has 0 radical (unpaired) electrons. The fraction of sp³-hybridized carbons (Fsp3) is 0.300. The fourth-order valence-electron chi connectivity index (χ4n) is 1.32. The van der Waals surface area contributed by atoms with Crippen LogP contribution in [-0.4, -0.2) is 18.2 Å². The zero-order valence-electron chi connectivity index (χ0n) is 8.45. The minimum absolute atomic E-state index is 0.0573. The van der Waals surface area contributed by atoms with Crippen molar-refractivity contribution in [2.75, 3.05) is 7.11 Å². The number of phenols is 1. The molecule has 1 aromatic carbocycles. The maximum atomic E-state index is 13.0. The summed E-state index contributed by atoms with van der Waals surface area (Å²) >= 11 is 0. The van der Waals surface area contributed by atoms with Gasteiger partial charge in [-0.15, -0.1) is 0 Å². The highest BCUT2D eigenvalue weighted by Crippen LogP contribution is 2.29. The standard InChI is InChI=1S/C10H12FNO3/c1-5-3-4-6(11)9(13)7(5)8(12)10(14)15-2/h3-4,8,13H,12H2,1-2H3/t8-/m0/s1. The molecule has 0 heterocycles. The van der Waals surface area contributed by atoms with Gasteiger partial charge in [0.15, 0.2) is 11.6 Å². The molecule has 15 heavy (non-hydrogen) atoms. The molecule has 3 N–H and O–H groups in total. The van der Waals surface area contributed by atoms with E-state index in [0.717, 1.165) is 6.07 Å². The van der Waals surface area contributed by atoms with E-state index in [1.165, 1.54) is 13.2 Å². The summed E-state index contributed by atoms with van der Waals surface area (Å²) in [5.74, 6) is -2.14. The highest BCUT2D eigenvalue weighted by atomic mass is 19.1. The minimum Gasteiger partial charge on any atom is -0.505 e. The van der Waals surface area contributed by atoms with Crippen LogP contribution in [0.1, 0.15) is 17.2 Å². The average Bonchev–Trinajstić information content (AvgIpc) is 2.22. The van der Waals surface area contributed by atoms with E-state index in [9.17, 15) is 14.3 Å². The Labute approximate surface area is 86.5 Å². The Bertz CT molecular complexity index is 392. The van der Waals surface area contributed by atoms with Crippen molar-refractivity contribution in [1.29, 1.82) is 0 Å². The number of carbonyl (C=O) groups is 1. The Kier molecular flexibility index (Phi) is 3.26. The van der Waals surface area contributed by atoms with Gasteiger partial charge in [-0.05, 0) is 18.6 Å². The molecule has 0 fully saturated rings. The summed E-state index contributed by atoms with van der Waals surface area (Å²) in [6.07, 6.45) is 0. The summed E-state index contributed by atoms with van der Waals surface area (Å²) < 4.78 is 17.4. The molecule has 0 spiro atoms. The van der Waals surface area contributed by atoms with Gasteiger partial charge >= 0.3 is 5.97 Å². The van der Waals surface area contributed by atoms with E-state index in [2.05, 4.69) is 4.74 Å². The van der Waals surface area contributed by atoms with E-state index in [1.54, 1.807) is 6.92 Å². The fourth-order valence-corrected chi connectivity index (χ4v) is 1.32. The van der Waals surface area contributed by atoms with Crippen LogP contribution in [0, 0.1) is 12.7 Å². The number of hydrogen-bond donors (Lipinski definition) is 2. The highest BCUT2D eigenvalue weighted by molar-refractivity contribution is 5.78. The summed E-state index contributed by atoms with van der Waals surface area (Å²) in [4.78, 5) is 11.1. The summed E-state index contributed by atoms with van der Waals surface area (Å²) in [6, 6.07) is 1.37. The second kappa shape index (κ2) is 4.27. The number of halogens is 1. The van der Waals surface area contributed by atoms with Gasteiger partial charge in [0.1, 0.15) is 6.04 Å². The third-order valence-corrected chi connectivity index (χ3v) is 2.15. The van der Waals surface area contributed by atoms with Crippen molar-refractivity contribution in [3.63, 3.8) is 0 Å². The number of hydrogen-bond acceptors (Lipinski definition) is 4. The zero-order valence-corrected chi connectivity index (χ0v) is 8.45. The van der Waals surface area contributed by atoms with Gasteiger partial charge < -0.3 is 15.6 Å². The molecule has 1 aromatic rings. The quantitative estimate of drug-likeness (QED) is 0.719. The lowest BCUT2D eigenvalue weighted by molar-refractivity contribution is -0.142. The summed E-state index contributed by atoms with van der Waals surface area (Å²) in [5.41, 5.74) is 6.11. The van der Waals surface area contributed by atoms with Crippen LogP contribution in [0.3, 0.4) is 0 Å².